The van der Waals surface area contributed by atoms with Crippen LogP contribution in [0.2, 0.25) is 0 Å². The first-order valence-electron chi connectivity index (χ1n) is 9.79. The van der Waals surface area contributed by atoms with Crippen LogP contribution in [0.4, 0.5) is 0 Å². The number of hydrogen-bond donors (Lipinski definition) is 1. The Morgan fingerprint density at radius 3 is 2.38 bits per heavy atom. The Morgan fingerprint density at radius 2 is 1.75 bits per heavy atom. The molecule has 0 amide bonds. The van der Waals surface area contributed by atoms with Crippen molar-refractivity contribution >= 4 is 0 Å². The van der Waals surface area contributed by atoms with E-state index in [1.54, 1.807) is 0 Å². The Balaban J connectivity index is 2.07. The lowest BCUT2D eigenvalue weighted by atomic mass is 9.82. The highest BCUT2D eigenvalue weighted by atomic mass is 15.1. The lowest BCUT2D eigenvalue weighted by molar-refractivity contribution is -0.735. The predicted molar refractivity (Wildman–Crippen MR) is 102 cm³/mol. The van der Waals surface area contributed by atoms with E-state index < -0.39 is 0 Å². The number of nitrogens with zero attached hydrogens (tertiary/aromatic N) is 1. The van der Waals surface area contributed by atoms with Crippen molar-refractivity contribution < 1.29 is 4.57 Å². The van der Waals surface area contributed by atoms with Crippen molar-refractivity contribution in [2.75, 3.05) is 0 Å². The van der Waals surface area contributed by atoms with Crippen molar-refractivity contribution in [1.82, 2.24) is 4.98 Å². The molecule has 0 radical (unpaired) electrons. The first-order chi connectivity index (χ1) is 11.7. The molecule has 0 bridgehead atoms. The zero-order valence-electron chi connectivity index (χ0n) is 15.7. The van der Waals surface area contributed by atoms with Crippen molar-refractivity contribution in [3.8, 4) is 0 Å². The molecule has 2 nitrogen and oxygen atoms in total. The van der Waals surface area contributed by atoms with Gasteiger partial charge in [0.15, 0.2) is 0 Å². The standard InChI is InChI=1S/C22H34N2/c1-4-5-6-7-11-14-21(17-20-12-9-8-10-13-20)22(19(2)3)24-16-15-23-18-24/h8-10,12-13,15-16,18-19,21-22H,4-7,11,14,17H2,1-3H3/p+1. The van der Waals surface area contributed by atoms with Crippen molar-refractivity contribution in [2.24, 2.45) is 11.8 Å². The van der Waals surface area contributed by atoms with Crippen LogP contribution in [0, 0.1) is 11.8 Å². The van der Waals surface area contributed by atoms with Gasteiger partial charge in [0.05, 0.1) is 0 Å². The molecule has 2 heteroatoms. The minimum absolute atomic E-state index is 0.558. The third kappa shape index (κ3) is 5.81. The summed E-state index contributed by atoms with van der Waals surface area (Å²) in [6.07, 6.45) is 15.7. The largest absolute Gasteiger partial charge is 0.250 e. The van der Waals surface area contributed by atoms with Gasteiger partial charge in [-0.05, 0) is 24.3 Å². The monoisotopic (exact) mass is 327 g/mol. The van der Waals surface area contributed by atoms with Gasteiger partial charge in [0, 0.05) is 5.92 Å². The summed E-state index contributed by atoms with van der Waals surface area (Å²) in [4.78, 5) is 3.23. The number of benzene rings is 1. The smallest absolute Gasteiger partial charge is 0.241 e. The van der Waals surface area contributed by atoms with Crippen molar-refractivity contribution in [1.29, 1.82) is 0 Å². The number of unbranched alkanes of at least 4 members (excludes halogenated alkanes) is 4. The van der Waals surface area contributed by atoms with Crippen molar-refractivity contribution in [3.63, 3.8) is 0 Å². The third-order valence-electron chi connectivity index (χ3n) is 5.10. The fourth-order valence-corrected chi connectivity index (χ4v) is 3.94. The van der Waals surface area contributed by atoms with E-state index in [4.69, 9.17) is 0 Å². The molecule has 2 aromatic rings. The quantitative estimate of drug-likeness (QED) is 0.402. The van der Waals surface area contributed by atoms with Crippen LogP contribution >= 0.6 is 0 Å². The Hall–Kier alpha value is -1.57. The number of aromatic amines is 1. The number of aromatic nitrogens is 2. The molecule has 2 unspecified atom stereocenters. The van der Waals surface area contributed by atoms with Crippen molar-refractivity contribution in [2.45, 2.75) is 71.8 Å². The summed E-state index contributed by atoms with van der Waals surface area (Å²) < 4.78 is 2.39. The maximum absolute atomic E-state index is 3.23. The van der Waals surface area contributed by atoms with Crippen molar-refractivity contribution in [3.05, 3.63) is 54.6 Å². The molecule has 0 saturated carbocycles. The molecule has 1 aromatic heterocycles. The van der Waals surface area contributed by atoms with Gasteiger partial charge in [0.2, 0.25) is 6.33 Å². The van der Waals surface area contributed by atoms with E-state index in [0.29, 0.717) is 17.9 Å². The normalized spacial score (nSPS) is 14.0. The molecule has 132 valence electrons. The van der Waals surface area contributed by atoms with Crippen LogP contribution in [0.25, 0.3) is 0 Å². The lowest BCUT2D eigenvalue weighted by Gasteiger charge is -2.28. The zero-order valence-corrected chi connectivity index (χ0v) is 15.7. The highest BCUT2D eigenvalue weighted by molar-refractivity contribution is 5.15. The molecule has 0 spiro atoms. The van der Waals surface area contributed by atoms with Crippen LogP contribution in [0.5, 0.6) is 0 Å². The van der Waals surface area contributed by atoms with Gasteiger partial charge >= 0.3 is 0 Å². The number of hydrogen-bond acceptors (Lipinski definition) is 0. The first kappa shape index (κ1) is 18.8. The predicted octanol–water partition coefficient (Wildman–Crippen LogP) is 5.72. The van der Waals surface area contributed by atoms with E-state index in [2.05, 4.69) is 73.2 Å². The molecule has 0 aliphatic carbocycles. The summed E-state index contributed by atoms with van der Waals surface area (Å²) >= 11 is 0. The van der Waals surface area contributed by atoms with Gasteiger partial charge in [0.25, 0.3) is 0 Å². The summed E-state index contributed by atoms with van der Waals surface area (Å²) in [6.45, 7) is 7.01. The van der Waals surface area contributed by atoms with Crippen LogP contribution in [-0.2, 0) is 6.42 Å². The van der Waals surface area contributed by atoms with Crippen LogP contribution in [0.3, 0.4) is 0 Å². The number of H-pyrrole nitrogens is 1. The second-order valence-electron chi connectivity index (χ2n) is 7.45. The van der Waals surface area contributed by atoms with Crippen LogP contribution in [-0.4, -0.2) is 4.98 Å². The molecule has 2 rings (SSSR count). The van der Waals surface area contributed by atoms with E-state index in [0.717, 1.165) is 0 Å². The van der Waals surface area contributed by atoms with Gasteiger partial charge in [-0.25, -0.2) is 4.57 Å². The summed E-state index contributed by atoms with van der Waals surface area (Å²) in [5.41, 5.74) is 1.47. The molecule has 1 aromatic carbocycles. The average Bonchev–Trinajstić information content (AvgIpc) is 3.09. The molecular weight excluding hydrogens is 292 g/mol. The Labute approximate surface area is 148 Å². The number of imidazole rings is 1. The maximum atomic E-state index is 3.23. The molecule has 1 heterocycles. The molecule has 2 atom stereocenters. The van der Waals surface area contributed by atoms with Gasteiger partial charge in [-0.1, -0.05) is 83.2 Å². The van der Waals surface area contributed by atoms with Gasteiger partial charge in [-0.3, -0.25) is 4.98 Å². The van der Waals surface area contributed by atoms with Gasteiger partial charge in [-0.15, -0.1) is 0 Å². The fourth-order valence-electron chi connectivity index (χ4n) is 3.94. The Kier molecular flexibility index (Phi) is 8.07. The number of rotatable bonds is 11. The minimum atomic E-state index is 0.558. The zero-order chi connectivity index (χ0) is 17.2. The highest BCUT2D eigenvalue weighted by Crippen LogP contribution is 2.29. The Bertz CT molecular complexity index is 530. The summed E-state index contributed by atoms with van der Waals surface area (Å²) in [5.74, 6) is 1.32. The summed E-state index contributed by atoms with van der Waals surface area (Å²) in [7, 11) is 0. The molecule has 0 aliphatic heterocycles. The van der Waals surface area contributed by atoms with Gasteiger partial charge in [-0.2, -0.15) is 0 Å². The molecule has 0 aliphatic rings. The highest BCUT2D eigenvalue weighted by Gasteiger charge is 2.29. The maximum Gasteiger partial charge on any atom is 0.241 e. The van der Waals surface area contributed by atoms with Crippen LogP contribution in [0.15, 0.2) is 49.1 Å². The topological polar surface area (TPSA) is 19.7 Å². The molecule has 0 saturated heterocycles. The summed E-state index contributed by atoms with van der Waals surface area (Å²) in [6, 6.07) is 11.6. The molecular formula is C22H35N2+. The lowest BCUT2D eigenvalue weighted by Crippen LogP contribution is -2.45. The third-order valence-corrected chi connectivity index (χ3v) is 5.10. The second-order valence-corrected chi connectivity index (χ2v) is 7.45. The second kappa shape index (κ2) is 10.3. The van der Waals surface area contributed by atoms with E-state index in [1.807, 2.05) is 6.20 Å². The van der Waals surface area contributed by atoms with E-state index in [9.17, 15) is 0 Å². The summed E-state index contributed by atoms with van der Waals surface area (Å²) in [5, 5.41) is 0. The average molecular weight is 328 g/mol. The SMILES string of the molecule is CCCCCCCC(Cc1ccccc1)C(C(C)C)[n+]1cc[nH]c1. The van der Waals surface area contributed by atoms with Gasteiger partial charge in [0.1, 0.15) is 18.4 Å². The molecule has 1 N–H and O–H groups in total. The minimum Gasteiger partial charge on any atom is -0.250 e. The van der Waals surface area contributed by atoms with Crippen LogP contribution < -0.4 is 4.57 Å². The molecule has 24 heavy (non-hydrogen) atoms. The first-order valence-corrected chi connectivity index (χ1v) is 9.79. The molecule has 0 fully saturated rings. The fraction of sp³-hybridized carbons (Fsp3) is 0.591. The van der Waals surface area contributed by atoms with Crippen LogP contribution in [0.1, 0.15) is 70.9 Å². The van der Waals surface area contributed by atoms with Gasteiger partial charge < -0.3 is 0 Å². The van der Waals surface area contributed by atoms with E-state index >= 15 is 0 Å². The number of nitrogens with one attached hydrogen (secondary N) is 1. The Morgan fingerprint density at radius 1 is 1.00 bits per heavy atom. The van der Waals surface area contributed by atoms with E-state index in [-0.39, 0.29) is 0 Å². The van der Waals surface area contributed by atoms with E-state index in [1.165, 1.54) is 50.5 Å².